The van der Waals surface area contributed by atoms with Gasteiger partial charge in [0.25, 0.3) is 0 Å². The summed E-state index contributed by atoms with van der Waals surface area (Å²) >= 11 is 4.79. The summed E-state index contributed by atoms with van der Waals surface area (Å²) in [6, 6.07) is 7.12. The molecule has 2 heterocycles. The lowest BCUT2D eigenvalue weighted by Crippen LogP contribution is -2.45. The van der Waals surface area contributed by atoms with Crippen LogP contribution in [0.1, 0.15) is 16.5 Å². The molecule has 1 fully saturated rings. The molecule has 3 nitrogen and oxygen atoms in total. The van der Waals surface area contributed by atoms with Gasteiger partial charge in [-0.1, -0.05) is 12.1 Å². The fourth-order valence-electron chi connectivity index (χ4n) is 2.69. The monoisotopic (exact) mass is 442 g/mol. The molecule has 0 unspecified atom stereocenters. The minimum Gasteiger partial charge on any atom is -0.506 e. The molecule has 1 saturated heterocycles. The number of thiophene rings is 1. The molecule has 1 aromatic carbocycles. The molecule has 23 heavy (non-hydrogen) atoms. The van der Waals surface area contributed by atoms with E-state index in [9.17, 15) is 9.50 Å². The molecule has 0 amide bonds. The summed E-state index contributed by atoms with van der Waals surface area (Å²) in [5.41, 5.74) is 0.743. The van der Waals surface area contributed by atoms with Gasteiger partial charge in [-0.05, 0) is 33.4 Å². The van der Waals surface area contributed by atoms with Gasteiger partial charge >= 0.3 is 0 Å². The standard InChI is InChI=1S/C15H16BrFN2OS.2ClH/c16-13-11(17)4-3-10(15(13)20)14(12-2-1-9-21-12)19-7-5-18-6-8-19;;/h1-4,9,14,18,20H,5-8H2;2*1H/t14-;;/m1../s1. The molecule has 2 aromatic rings. The van der Waals surface area contributed by atoms with Crippen molar-refractivity contribution in [1.82, 2.24) is 10.2 Å². The number of benzene rings is 1. The third-order valence-corrected chi connectivity index (χ3v) is 5.40. The average molecular weight is 444 g/mol. The Balaban J connectivity index is 0.00000132. The Morgan fingerprint density at radius 3 is 2.52 bits per heavy atom. The normalized spacial score (nSPS) is 16.3. The van der Waals surface area contributed by atoms with Crippen LogP contribution in [0.3, 0.4) is 0 Å². The van der Waals surface area contributed by atoms with Gasteiger partial charge in [-0.15, -0.1) is 36.2 Å². The molecule has 3 rings (SSSR count). The van der Waals surface area contributed by atoms with Crippen molar-refractivity contribution in [2.45, 2.75) is 6.04 Å². The number of piperazine rings is 1. The van der Waals surface area contributed by atoms with E-state index in [2.05, 4.69) is 32.2 Å². The number of nitrogens with zero attached hydrogens (tertiary/aromatic N) is 1. The van der Waals surface area contributed by atoms with Crippen molar-refractivity contribution in [1.29, 1.82) is 0 Å². The number of rotatable bonds is 3. The maximum Gasteiger partial charge on any atom is 0.141 e. The number of aromatic hydroxyl groups is 1. The lowest BCUT2D eigenvalue weighted by Gasteiger charge is -2.35. The van der Waals surface area contributed by atoms with E-state index >= 15 is 0 Å². The second-order valence-corrected chi connectivity index (χ2v) is 6.78. The first-order valence-electron chi connectivity index (χ1n) is 6.83. The van der Waals surface area contributed by atoms with Gasteiger partial charge in [-0.3, -0.25) is 4.90 Å². The second kappa shape index (κ2) is 9.20. The van der Waals surface area contributed by atoms with Crippen molar-refractivity contribution in [3.8, 4) is 5.75 Å². The highest BCUT2D eigenvalue weighted by Gasteiger charge is 2.28. The van der Waals surface area contributed by atoms with Gasteiger partial charge in [0, 0.05) is 36.6 Å². The average Bonchev–Trinajstić information content (AvgIpc) is 3.03. The number of hydrogen-bond donors (Lipinski definition) is 2. The van der Waals surface area contributed by atoms with E-state index in [4.69, 9.17) is 0 Å². The Hall–Kier alpha value is -0.370. The third kappa shape index (κ3) is 4.38. The second-order valence-electron chi connectivity index (χ2n) is 5.00. The molecule has 8 heteroatoms. The van der Waals surface area contributed by atoms with Crippen LogP contribution in [0.25, 0.3) is 0 Å². The predicted octanol–water partition coefficient (Wildman–Crippen LogP) is 4.19. The largest absolute Gasteiger partial charge is 0.506 e. The molecule has 1 aliphatic heterocycles. The fraction of sp³-hybridized carbons (Fsp3) is 0.333. The number of hydrogen-bond acceptors (Lipinski definition) is 4. The molecule has 1 aromatic heterocycles. The van der Waals surface area contributed by atoms with E-state index < -0.39 is 5.82 Å². The van der Waals surface area contributed by atoms with Crippen LogP contribution in [0.5, 0.6) is 5.75 Å². The van der Waals surface area contributed by atoms with Crippen LogP contribution in [0.4, 0.5) is 4.39 Å². The molecule has 2 N–H and O–H groups in total. The Kier molecular flexibility index (Phi) is 8.27. The Morgan fingerprint density at radius 2 is 1.91 bits per heavy atom. The Labute approximate surface area is 159 Å². The number of halogens is 4. The van der Waals surface area contributed by atoms with Gasteiger partial charge < -0.3 is 10.4 Å². The van der Waals surface area contributed by atoms with E-state index in [0.29, 0.717) is 0 Å². The first-order chi connectivity index (χ1) is 10.2. The number of phenols is 1. The summed E-state index contributed by atoms with van der Waals surface area (Å²) < 4.78 is 13.7. The zero-order valence-corrected chi connectivity index (χ0v) is 16.2. The van der Waals surface area contributed by atoms with Crippen LogP contribution in [0.15, 0.2) is 34.1 Å². The Bertz CT molecular complexity index is 624. The lowest BCUT2D eigenvalue weighted by molar-refractivity contribution is 0.198. The van der Waals surface area contributed by atoms with Crippen molar-refractivity contribution in [2.24, 2.45) is 0 Å². The molecule has 0 spiro atoms. The molecule has 1 aliphatic rings. The summed E-state index contributed by atoms with van der Waals surface area (Å²) in [6.07, 6.45) is 0. The highest BCUT2D eigenvalue weighted by Crippen LogP contribution is 2.40. The summed E-state index contributed by atoms with van der Waals surface area (Å²) in [5, 5.41) is 15.7. The van der Waals surface area contributed by atoms with Crippen molar-refractivity contribution in [2.75, 3.05) is 26.2 Å². The maximum atomic E-state index is 13.6. The van der Waals surface area contributed by atoms with Crippen LogP contribution in [0.2, 0.25) is 0 Å². The molecule has 0 radical (unpaired) electrons. The van der Waals surface area contributed by atoms with Gasteiger partial charge in [0.15, 0.2) is 0 Å². The van der Waals surface area contributed by atoms with Crippen LogP contribution < -0.4 is 5.32 Å². The van der Waals surface area contributed by atoms with Crippen LogP contribution in [-0.4, -0.2) is 36.2 Å². The first-order valence-corrected chi connectivity index (χ1v) is 8.51. The lowest BCUT2D eigenvalue weighted by atomic mass is 10.0. The zero-order valence-electron chi connectivity index (χ0n) is 12.2. The summed E-state index contributed by atoms with van der Waals surface area (Å²) in [7, 11) is 0. The number of nitrogens with one attached hydrogen (secondary N) is 1. The van der Waals surface area contributed by atoms with Gasteiger partial charge in [0.2, 0.25) is 0 Å². The molecule has 0 bridgehead atoms. The number of phenolic OH excluding ortho intramolecular Hbond substituents is 1. The zero-order chi connectivity index (χ0) is 14.8. The Morgan fingerprint density at radius 1 is 1.22 bits per heavy atom. The van der Waals surface area contributed by atoms with Crippen LogP contribution in [-0.2, 0) is 0 Å². The molecular formula is C15H18BrCl2FN2OS. The van der Waals surface area contributed by atoms with Crippen molar-refractivity contribution in [3.63, 3.8) is 0 Å². The fourth-order valence-corrected chi connectivity index (χ4v) is 3.93. The maximum absolute atomic E-state index is 13.6. The predicted molar refractivity (Wildman–Crippen MR) is 101 cm³/mol. The van der Waals surface area contributed by atoms with E-state index in [0.717, 1.165) is 36.6 Å². The third-order valence-electron chi connectivity index (χ3n) is 3.72. The summed E-state index contributed by atoms with van der Waals surface area (Å²) in [4.78, 5) is 3.48. The highest BCUT2D eigenvalue weighted by atomic mass is 79.9. The molecular weight excluding hydrogens is 426 g/mol. The van der Waals surface area contributed by atoms with Gasteiger partial charge in [0.1, 0.15) is 11.6 Å². The molecule has 0 aliphatic carbocycles. The van der Waals surface area contributed by atoms with E-state index in [1.54, 1.807) is 17.4 Å². The molecule has 128 valence electrons. The minimum atomic E-state index is -0.443. The summed E-state index contributed by atoms with van der Waals surface area (Å²) in [6.45, 7) is 3.64. The van der Waals surface area contributed by atoms with Crippen molar-refractivity contribution < 1.29 is 9.50 Å². The van der Waals surface area contributed by atoms with Crippen LogP contribution in [0, 0.1) is 5.82 Å². The van der Waals surface area contributed by atoms with E-state index in [1.807, 2.05) is 11.4 Å². The van der Waals surface area contributed by atoms with Gasteiger partial charge in [-0.2, -0.15) is 0 Å². The quantitative estimate of drug-likeness (QED) is 0.746. The van der Waals surface area contributed by atoms with Gasteiger partial charge in [-0.25, -0.2) is 4.39 Å². The molecule has 0 saturated carbocycles. The van der Waals surface area contributed by atoms with Crippen LogP contribution >= 0.6 is 52.1 Å². The van der Waals surface area contributed by atoms with Crippen molar-refractivity contribution in [3.05, 3.63) is 50.4 Å². The molecule has 1 atom stereocenters. The smallest absolute Gasteiger partial charge is 0.141 e. The van der Waals surface area contributed by atoms with E-state index in [-0.39, 0.29) is 41.1 Å². The summed E-state index contributed by atoms with van der Waals surface area (Å²) in [5.74, 6) is -0.451. The topological polar surface area (TPSA) is 35.5 Å². The van der Waals surface area contributed by atoms with Crippen molar-refractivity contribution >= 4 is 52.1 Å². The first kappa shape index (κ1) is 20.7. The SMILES string of the molecule is Cl.Cl.Oc1c([C@H](c2cccs2)N2CCNCC2)ccc(F)c1Br. The highest BCUT2D eigenvalue weighted by molar-refractivity contribution is 9.10. The minimum absolute atomic E-state index is 0. The van der Waals surface area contributed by atoms with Gasteiger partial charge in [0.05, 0.1) is 10.5 Å². The van der Waals surface area contributed by atoms with E-state index in [1.165, 1.54) is 6.07 Å².